The normalized spacial score (nSPS) is 13.2. The molecule has 0 amide bonds. The Hall–Kier alpha value is -4.02. The van der Waals surface area contributed by atoms with Gasteiger partial charge in [0, 0.05) is 18.8 Å². The molecule has 0 bridgehead atoms. The van der Waals surface area contributed by atoms with E-state index in [-0.39, 0.29) is 0 Å². The number of ether oxygens (including phenoxy) is 1. The molecule has 0 atom stereocenters. The predicted octanol–water partition coefficient (Wildman–Crippen LogP) is 7.92. The first-order valence-corrected chi connectivity index (χ1v) is 14.9. The lowest BCUT2D eigenvalue weighted by molar-refractivity contribution is 0.303. The van der Waals surface area contributed by atoms with E-state index < -0.39 is 0 Å². The van der Waals surface area contributed by atoms with Gasteiger partial charge in [0.15, 0.2) is 0 Å². The lowest BCUT2D eigenvalue weighted by Crippen LogP contribution is -2.21. The second kappa shape index (κ2) is 12.7. The van der Waals surface area contributed by atoms with Gasteiger partial charge < -0.3 is 15.0 Å². The van der Waals surface area contributed by atoms with E-state index >= 15 is 0 Å². The monoisotopic (exact) mass is 671 g/mol. The van der Waals surface area contributed by atoms with E-state index in [9.17, 15) is 0 Å². The molecular formula is C31H27Br2N7O. The third-order valence-electron chi connectivity index (χ3n) is 6.69. The number of rotatable bonds is 9. The first kappa shape index (κ1) is 27.2. The number of para-hydroxylation sites is 1. The first-order valence-electron chi connectivity index (χ1n) is 13.3. The molecular weight excluding hydrogens is 646 g/mol. The molecule has 10 heteroatoms. The lowest BCUT2D eigenvalue weighted by Gasteiger charge is -2.16. The minimum Gasteiger partial charge on any atom is -0.487 e. The van der Waals surface area contributed by atoms with Crippen molar-refractivity contribution >= 4 is 72.4 Å². The SMILES string of the molecule is Brc1cc(/C=N\Nc2nc(Nc3ccccc3)nc(N3CCCC3)n2)cc(Br)c1OCc1cccc2ccccc12. The van der Waals surface area contributed by atoms with E-state index in [0.717, 1.165) is 57.4 Å². The Labute approximate surface area is 255 Å². The van der Waals surface area contributed by atoms with Crippen LogP contribution < -0.4 is 20.4 Å². The fourth-order valence-corrected chi connectivity index (χ4v) is 6.16. The number of hydrogen-bond acceptors (Lipinski definition) is 8. The molecule has 0 aliphatic carbocycles. The predicted molar refractivity (Wildman–Crippen MR) is 172 cm³/mol. The smallest absolute Gasteiger partial charge is 0.250 e. The van der Waals surface area contributed by atoms with E-state index in [0.29, 0.717) is 24.5 Å². The molecule has 41 heavy (non-hydrogen) atoms. The fraction of sp³-hybridized carbons (Fsp3) is 0.161. The maximum atomic E-state index is 6.22. The van der Waals surface area contributed by atoms with Gasteiger partial charge in [0.05, 0.1) is 15.2 Å². The van der Waals surface area contributed by atoms with Crippen LogP contribution in [-0.4, -0.2) is 34.3 Å². The van der Waals surface area contributed by atoms with Gasteiger partial charge in [-0.05, 0) is 90.9 Å². The summed E-state index contributed by atoms with van der Waals surface area (Å²) in [4.78, 5) is 15.9. The molecule has 2 heterocycles. The van der Waals surface area contributed by atoms with Crippen LogP contribution in [0.3, 0.4) is 0 Å². The van der Waals surface area contributed by atoms with E-state index in [1.807, 2.05) is 54.6 Å². The second-order valence-electron chi connectivity index (χ2n) is 9.58. The molecule has 0 spiro atoms. The van der Waals surface area contributed by atoms with Gasteiger partial charge in [-0.25, -0.2) is 5.43 Å². The third-order valence-corrected chi connectivity index (χ3v) is 7.87. The Morgan fingerprint density at radius 1 is 0.829 bits per heavy atom. The summed E-state index contributed by atoms with van der Waals surface area (Å²) in [5.41, 5.74) is 5.87. The van der Waals surface area contributed by atoms with Gasteiger partial charge in [-0.3, -0.25) is 0 Å². The van der Waals surface area contributed by atoms with Gasteiger partial charge >= 0.3 is 0 Å². The summed E-state index contributed by atoms with van der Waals surface area (Å²) in [6.07, 6.45) is 3.96. The minimum absolute atomic E-state index is 0.366. The lowest BCUT2D eigenvalue weighted by atomic mass is 10.1. The maximum Gasteiger partial charge on any atom is 0.250 e. The van der Waals surface area contributed by atoms with Gasteiger partial charge in [-0.15, -0.1) is 0 Å². The highest BCUT2D eigenvalue weighted by atomic mass is 79.9. The summed E-state index contributed by atoms with van der Waals surface area (Å²) in [5, 5.41) is 10.1. The molecule has 4 aromatic carbocycles. The van der Waals surface area contributed by atoms with Crippen LogP contribution in [0.1, 0.15) is 24.0 Å². The minimum atomic E-state index is 0.366. The molecule has 0 radical (unpaired) electrons. The molecule has 6 rings (SSSR count). The van der Waals surface area contributed by atoms with Crippen LogP contribution in [0.25, 0.3) is 10.8 Å². The van der Waals surface area contributed by atoms with Crippen molar-refractivity contribution in [1.29, 1.82) is 0 Å². The molecule has 1 saturated heterocycles. The van der Waals surface area contributed by atoms with Crippen molar-refractivity contribution in [2.75, 3.05) is 28.7 Å². The highest BCUT2D eigenvalue weighted by molar-refractivity contribution is 9.11. The third kappa shape index (κ3) is 6.66. The number of hydrazone groups is 1. The number of aromatic nitrogens is 3. The summed E-state index contributed by atoms with van der Waals surface area (Å²) < 4.78 is 7.86. The zero-order chi connectivity index (χ0) is 28.0. The average molecular weight is 673 g/mol. The summed E-state index contributed by atoms with van der Waals surface area (Å²) in [5.74, 6) is 2.19. The highest BCUT2D eigenvalue weighted by Crippen LogP contribution is 2.35. The number of nitrogens with zero attached hydrogens (tertiary/aromatic N) is 5. The Morgan fingerprint density at radius 3 is 2.34 bits per heavy atom. The van der Waals surface area contributed by atoms with Crippen LogP contribution in [0, 0.1) is 0 Å². The number of anilines is 4. The summed E-state index contributed by atoms with van der Waals surface area (Å²) >= 11 is 7.33. The van der Waals surface area contributed by atoms with E-state index in [1.165, 1.54) is 10.8 Å². The second-order valence-corrected chi connectivity index (χ2v) is 11.3. The fourth-order valence-electron chi connectivity index (χ4n) is 4.70. The molecule has 1 fully saturated rings. The van der Waals surface area contributed by atoms with Crippen molar-refractivity contribution in [3.63, 3.8) is 0 Å². The first-order chi connectivity index (χ1) is 20.1. The van der Waals surface area contributed by atoms with E-state index in [2.05, 4.69) is 97.9 Å². The molecule has 5 aromatic rings. The van der Waals surface area contributed by atoms with E-state index in [4.69, 9.17) is 4.74 Å². The van der Waals surface area contributed by atoms with Crippen molar-refractivity contribution < 1.29 is 4.74 Å². The summed E-state index contributed by atoms with van der Waals surface area (Å²) in [7, 11) is 0. The van der Waals surface area contributed by atoms with Gasteiger partial charge in [0.25, 0.3) is 0 Å². The summed E-state index contributed by atoms with van der Waals surface area (Å²) in [6, 6.07) is 28.3. The number of fused-ring (bicyclic) bond motifs is 1. The molecule has 1 aliphatic heterocycles. The van der Waals surface area contributed by atoms with Crippen LogP contribution in [0.15, 0.2) is 99.0 Å². The molecule has 0 saturated carbocycles. The van der Waals surface area contributed by atoms with Crippen molar-refractivity contribution in [2.24, 2.45) is 5.10 Å². The number of nitrogens with one attached hydrogen (secondary N) is 2. The molecule has 206 valence electrons. The van der Waals surface area contributed by atoms with Crippen LogP contribution in [0.2, 0.25) is 0 Å². The van der Waals surface area contributed by atoms with Crippen LogP contribution in [0.4, 0.5) is 23.5 Å². The number of benzene rings is 4. The average Bonchev–Trinajstić information content (AvgIpc) is 3.53. The molecule has 8 nitrogen and oxygen atoms in total. The van der Waals surface area contributed by atoms with Crippen LogP contribution >= 0.6 is 31.9 Å². The number of halogens is 2. The van der Waals surface area contributed by atoms with Crippen LogP contribution in [0.5, 0.6) is 5.75 Å². The van der Waals surface area contributed by atoms with E-state index in [1.54, 1.807) is 6.21 Å². The maximum absolute atomic E-state index is 6.22. The highest BCUT2D eigenvalue weighted by Gasteiger charge is 2.17. The van der Waals surface area contributed by atoms with Crippen molar-refractivity contribution in [3.05, 3.63) is 105 Å². The Kier molecular flexibility index (Phi) is 8.39. The van der Waals surface area contributed by atoms with Gasteiger partial charge in [-0.1, -0.05) is 60.7 Å². The van der Waals surface area contributed by atoms with Gasteiger partial charge in [0.1, 0.15) is 12.4 Å². The molecule has 1 aromatic heterocycles. The number of hydrogen-bond donors (Lipinski definition) is 2. The summed E-state index contributed by atoms with van der Waals surface area (Å²) in [6.45, 7) is 2.30. The largest absolute Gasteiger partial charge is 0.487 e. The van der Waals surface area contributed by atoms with Crippen molar-refractivity contribution in [3.8, 4) is 5.75 Å². The quantitative estimate of drug-likeness (QED) is 0.122. The standard InChI is InChI=1S/C31H27Br2N7O/c32-26-17-21(18-27(33)28(26)41-20-23-11-8-10-22-9-4-5-14-25(22)23)19-34-39-30-36-29(35-24-12-2-1-3-13-24)37-31(38-30)40-15-6-7-16-40/h1-5,8-14,17-19H,6-7,15-16,20H2,(H2,35,36,37,38,39)/b34-19-. The van der Waals surface area contributed by atoms with Crippen molar-refractivity contribution in [1.82, 2.24) is 15.0 Å². The molecule has 2 N–H and O–H groups in total. The topological polar surface area (TPSA) is 87.6 Å². The van der Waals surface area contributed by atoms with Crippen molar-refractivity contribution in [2.45, 2.75) is 19.4 Å². The Balaban J connectivity index is 1.17. The Bertz CT molecular complexity index is 1660. The Morgan fingerprint density at radius 2 is 1.54 bits per heavy atom. The van der Waals surface area contributed by atoms with Crippen LogP contribution in [-0.2, 0) is 6.61 Å². The van der Waals surface area contributed by atoms with Gasteiger partial charge in [-0.2, -0.15) is 20.1 Å². The molecule has 0 unspecified atom stereocenters. The van der Waals surface area contributed by atoms with Gasteiger partial charge in [0.2, 0.25) is 17.8 Å². The zero-order valence-corrected chi connectivity index (χ0v) is 25.3. The molecule has 1 aliphatic rings. The zero-order valence-electron chi connectivity index (χ0n) is 22.1.